The lowest BCUT2D eigenvalue weighted by molar-refractivity contribution is 0.0597. The van der Waals surface area contributed by atoms with Gasteiger partial charge < -0.3 is 20.2 Å². The molecule has 2 heterocycles. The van der Waals surface area contributed by atoms with E-state index in [2.05, 4.69) is 20.5 Å². The number of piperidine rings is 1. The van der Waals surface area contributed by atoms with E-state index in [1.165, 1.54) is 0 Å². The SMILES string of the molecule is C[C@@H]1CC[C@@H](O)CN1C(=O)NCc1nc(N(C)C)n[nH]1. The maximum Gasteiger partial charge on any atom is 0.318 e. The molecule has 8 nitrogen and oxygen atoms in total. The van der Waals surface area contributed by atoms with Gasteiger partial charge in [0.25, 0.3) is 0 Å². The number of nitrogens with one attached hydrogen (secondary N) is 2. The van der Waals surface area contributed by atoms with Crippen molar-refractivity contribution in [2.45, 2.75) is 38.5 Å². The minimum Gasteiger partial charge on any atom is -0.391 e. The van der Waals surface area contributed by atoms with Crippen LogP contribution in [0.25, 0.3) is 0 Å². The zero-order chi connectivity index (χ0) is 14.7. The molecule has 0 aromatic carbocycles. The molecule has 1 aromatic heterocycles. The number of likely N-dealkylation sites (tertiary alicyclic amines) is 1. The molecule has 2 rings (SSSR count). The Morgan fingerprint density at radius 3 is 2.95 bits per heavy atom. The van der Waals surface area contributed by atoms with Gasteiger partial charge in [0.1, 0.15) is 5.82 Å². The second kappa shape index (κ2) is 6.08. The molecule has 1 saturated heterocycles. The number of carbonyl (C=O) groups excluding carboxylic acids is 1. The number of amides is 2. The lowest BCUT2D eigenvalue weighted by Crippen LogP contribution is -2.51. The third-order valence-corrected chi connectivity index (χ3v) is 3.45. The maximum absolute atomic E-state index is 12.1. The van der Waals surface area contributed by atoms with E-state index >= 15 is 0 Å². The Bertz CT molecular complexity index is 461. The number of hydrogen-bond donors (Lipinski definition) is 3. The van der Waals surface area contributed by atoms with E-state index in [0.717, 1.165) is 12.8 Å². The number of hydrogen-bond acceptors (Lipinski definition) is 5. The Hall–Kier alpha value is -1.83. The van der Waals surface area contributed by atoms with E-state index in [0.29, 0.717) is 24.9 Å². The lowest BCUT2D eigenvalue weighted by Gasteiger charge is -2.35. The fraction of sp³-hybridized carbons (Fsp3) is 0.750. The number of aromatic amines is 1. The zero-order valence-electron chi connectivity index (χ0n) is 12.1. The summed E-state index contributed by atoms with van der Waals surface area (Å²) in [5.41, 5.74) is 0. The first-order valence-corrected chi connectivity index (χ1v) is 6.78. The number of aliphatic hydroxyl groups excluding tert-OH is 1. The highest BCUT2D eigenvalue weighted by Crippen LogP contribution is 2.16. The van der Waals surface area contributed by atoms with E-state index in [1.54, 1.807) is 9.80 Å². The molecule has 1 aliphatic rings. The molecule has 1 aromatic rings. The summed E-state index contributed by atoms with van der Waals surface area (Å²) in [7, 11) is 3.70. The number of β-amino-alcohol motifs (C(OH)–C–C–N with tert-alkyl or cyclic N) is 1. The summed E-state index contributed by atoms with van der Waals surface area (Å²) in [4.78, 5) is 19.8. The summed E-state index contributed by atoms with van der Waals surface area (Å²) < 4.78 is 0. The van der Waals surface area contributed by atoms with Crippen molar-refractivity contribution in [2.75, 3.05) is 25.5 Å². The highest BCUT2D eigenvalue weighted by molar-refractivity contribution is 5.74. The Kier molecular flexibility index (Phi) is 4.43. The molecule has 3 N–H and O–H groups in total. The Morgan fingerprint density at radius 2 is 2.30 bits per heavy atom. The fourth-order valence-electron chi connectivity index (χ4n) is 2.20. The molecule has 112 valence electrons. The van der Waals surface area contributed by atoms with Crippen LogP contribution < -0.4 is 10.2 Å². The average Bonchev–Trinajstić information content (AvgIpc) is 2.88. The van der Waals surface area contributed by atoms with Crippen LogP contribution in [0.15, 0.2) is 0 Å². The summed E-state index contributed by atoms with van der Waals surface area (Å²) in [6.45, 7) is 2.66. The molecular formula is C12H22N6O2. The molecule has 1 aliphatic heterocycles. The number of aliphatic hydroxyl groups is 1. The van der Waals surface area contributed by atoms with Gasteiger partial charge in [-0.1, -0.05) is 0 Å². The zero-order valence-corrected chi connectivity index (χ0v) is 12.1. The average molecular weight is 282 g/mol. The number of aromatic nitrogens is 3. The predicted molar refractivity (Wildman–Crippen MR) is 74.4 cm³/mol. The van der Waals surface area contributed by atoms with E-state index < -0.39 is 6.10 Å². The van der Waals surface area contributed by atoms with Gasteiger partial charge in [0.15, 0.2) is 0 Å². The van der Waals surface area contributed by atoms with Crippen LogP contribution in [0.2, 0.25) is 0 Å². The van der Waals surface area contributed by atoms with Crippen molar-refractivity contribution in [1.82, 2.24) is 25.4 Å². The van der Waals surface area contributed by atoms with Crippen LogP contribution in [0.4, 0.5) is 10.7 Å². The van der Waals surface area contributed by atoms with Crippen LogP contribution >= 0.6 is 0 Å². The monoisotopic (exact) mass is 282 g/mol. The molecular weight excluding hydrogens is 260 g/mol. The molecule has 0 unspecified atom stereocenters. The van der Waals surface area contributed by atoms with Gasteiger partial charge in [-0.2, -0.15) is 4.98 Å². The topological polar surface area (TPSA) is 97.4 Å². The van der Waals surface area contributed by atoms with Crippen molar-refractivity contribution in [2.24, 2.45) is 0 Å². The Balaban J connectivity index is 1.87. The molecule has 2 amide bonds. The lowest BCUT2D eigenvalue weighted by atomic mass is 10.0. The highest BCUT2D eigenvalue weighted by Gasteiger charge is 2.27. The Labute approximate surface area is 118 Å². The van der Waals surface area contributed by atoms with E-state index in [-0.39, 0.29) is 12.1 Å². The number of carbonyl (C=O) groups is 1. The molecule has 20 heavy (non-hydrogen) atoms. The van der Waals surface area contributed by atoms with Gasteiger partial charge >= 0.3 is 6.03 Å². The first-order valence-electron chi connectivity index (χ1n) is 6.78. The Morgan fingerprint density at radius 1 is 1.55 bits per heavy atom. The van der Waals surface area contributed by atoms with Crippen molar-refractivity contribution in [3.63, 3.8) is 0 Å². The van der Waals surface area contributed by atoms with E-state index in [4.69, 9.17) is 0 Å². The summed E-state index contributed by atoms with van der Waals surface area (Å²) in [6, 6.07) is -0.0375. The predicted octanol–water partition coefficient (Wildman–Crippen LogP) is -0.0745. The maximum atomic E-state index is 12.1. The molecule has 0 spiro atoms. The van der Waals surface area contributed by atoms with Crippen LogP contribution in [-0.2, 0) is 6.54 Å². The second-order valence-corrected chi connectivity index (χ2v) is 5.37. The first-order chi connectivity index (χ1) is 9.47. The van der Waals surface area contributed by atoms with Gasteiger partial charge in [-0.25, -0.2) is 4.79 Å². The van der Waals surface area contributed by atoms with Crippen LogP contribution in [0.1, 0.15) is 25.6 Å². The van der Waals surface area contributed by atoms with Gasteiger partial charge in [0.05, 0.1) is 12.6 Å². The minimum atomic E-state index is -0.428. The van der Waals surface area contributed by atoms with Gasteiger partial charge in [-0.05, 0) is 19.8 Å². The molecule has 0 bridgehead atoms. The van der Waals surface area contributed by atoms with Crippen molar-refractivity contribution >= 4 is 12.0 Å². The van der Waals surface area contributed by atoms with Crippen LogP contribution in [0.3, 0.4) is 0 Å². The van der Waals surface area contributed by atoms with E-state index in [1.807, 2.05) is 21.0 Å². The molecule has 0 aliphatic carbocycles. The molecule has 2 atom stereocenters. The van der Waals surface area contributed by atoms with Gasteiger partial charge in [-0.15, -0.1) is 5.10 Å². The minimum absolute atomic E-state index is 0.144. The summed E-state index contributed by atoms with van der Waals surface area (Å²) in [6.07, 6.45) is 1.14. The van der Waals surface area contributed by atoms with Gasteiger partial charge in [-0.3, -0.25) is 5.10 Å². The van der Waals surface area contributed by atoms with Crippen LogP contribution in [0, 0.1) is 0 Å². The first kappa shape index (κ1) is 14.6. The number of anilines is 1. The largest absolute Gasteiger partial charge is 0.391 e. The molecule has 8 heteroatoms. The van der Waals surface area contributed by atoms with Crippen LogP contribution in [-0.4, -0.2) is 64.0 Å². The van der Waals surface area contributed by atoms with Gasteiger partial charge in [0.2, 0.25) is 5.95 Å². The van der Waals surface area contributed by atoms with Crippen molar-refractivity contribution in [1.29, 1.82) is 0 Å². The number of nitrogens with zero attached hydrogens (tertiary/aromatic N) is 4. The van der Waals surface area contributed by atoms with Crippen molar-refractivity contribution in [3.8, 4) is 0 Å². The van der Waals surface area contributed by atoms with Crippen molar-refractivity contribution in [3.05, 3.63) is 5.82 Å². The fourth-order valence-corrected chi connectivity index (χ4v) is 2.20. The molecule has 0 saturated carbocycles. The third kappa shape index (κ3) is 3.38. The number of rotatable bonds is 3. The normalized spacial score (nSPS) is 22.7. The molecule has 0 radical (unpaired) electrons. The number of urea groups is 1. The standard InChI is InChI=1S/C12H22N6O2/c1-8-4-5-9(19)7-18(8)12(20)13-6-10-14-11(16-15-10)17(2)3/h8-9,19H,4-7H2,1-3H3,(H,13,20)(H,14,15,16)/t8-,9-/m1/s1. The van der Waals surface area contributed by atoms with Gasteiger partial charge in [0, 0.05) is 26.7 Å². The number of H-pyrrole nitrogens is 1. The van der Waals surface area contributed by atoms with E-state index in [9.17, 15) is 9.90 Å². The summed E-state index contributed by atoms with van der Waals surface area (Å²) >= 11 is 0. The van der Waals surface area contributed by atoms with Crippen molar-refractivity contribution < 1.29 is 9.90 Å². The van der Waals surface area contributed by atoms with Crippen LogP contribution in [0.5, 0.6) is 0 Å². The highest BCUT2D eigenvalue weighted by atomic mass is 16.3. The summed E-state index contributed by atoms with van der Waals surface area (Å²) in [5, 5.41) is 19.2. The molecule has 1 fully saturated rings. The quantitative estimate of drug-likeness (QED) is 0.721. The smallest absolute Gasteiger partial charge is 0.318 e. The third-order valence-electron chi connectivity index (χ3n) is 3.45. The second-order valence-electron chi connectivity index (χ2n) is 5.37. The summed E-state index contributed by atoms with van der Waals surface area (Å²) in [5.74, 6) is 1.18.